The summed E-state index contributed by atoms with van der Waals surface area (Å²) in [5.74, 6) is -0.892. The first kappa shape index (κ1) is 13.5. The lowest BCUT2D eigenvalue weighted by Gasteiger charge is -2.42. The topological polar surface area (TPSA) is 80.5 Å². The molecule has 0 spiro atoms. The van der Waals surface area contributed by atoms with E-state index in [1.165, 1.54) is 5.41 Å². The molecular weight excluding hydrogens is 259 g/mol. The molecular formula is C11H17FN2O3S. The second kappa shape index (κ2) is 4.31. The van der Waals surface area contributed by atoms with Crippen LogP contribution >= 0.6 is 0 Å². The van der Waals surface area contributed by atoms with Gasteiger partial charge in [-0.25, -0.2) is 12.8 Å². The summed E-state index contributed by atoms with van der Waals surface area (Å²) in [5, 5.41) is 1.20. The van der Waals surface area contributed by atoms with Gasteiger partial charge in [0, 0.05) is 36.9 Å². The van der Waals surface area contributed by atoms with E-state index in [9.17, 15) is 17.6 Å². The minimum atomic E-state index is -3.12. The van der Waals surface area contributed by atoms with Gasteiger partial charge in [-0.15, -0.1) is 0 Å². The molecule has 3 atom stereocenters. The summed E-state index contributed by atoms with van der Waals surface area (Å²) in [6, 6.07) is -0.429. The van der Waals surface area contributed by atoms with Gasteiger partial charge >= 0.3 is 0 Å². The highest BCUT2D eigenvalue weighted by atomic mass is 32.2. The molecule has 2 unspecified atom stereocenters. The number of rotatable bonds is 2. The van der Waals surface area contributed by atoms with Gasteiger partial charge in [-0.3, -0.25) is 9.69 Å². The number of carbonyl (C=O) groups excluding carboxylic acids is 1. The Hall–Kier alpha value is -0.950. The molecule has 0 saturated carbocycles. The van der Waals surface area contributed by atoms with Gasteiger partial charge in [0.05, 0.1) is 5.75 Å². The first-order chi connectivity index (χ1) is 8.23. The van der Waals surface area contributed by atoms with Gasteiger partial charge in [0.25, 0.3) is 5.91 Å². The first-order valence-electron chi connectivity index (χ1n) is 5.89. The molecule has 2 aliphatic rings. The first-order valence-corrected chi connectivity index (χ1v) is 7.61. The normalized spacial score (nSPS) is 39.9. The third-order valence-electron chi connectivity index (χ3n) is 3.73. The van der Waals surface area contributed by atoms with Crippen LogP contribution in [0.5, 0.6) is 0 Å². The van der Waals surface area contributed by atoms with Crippen molar-refractivity contribution >= 4 is 15.7 Å². The molecule has 0 radical (unpaired) electrons. The Balaban J connectivity index is 2.08. The molecule has 2 N–H and O–H groups in total. The largest absolute Gasteiger partial charge is 0.367 e. The van der Waals surface area contributed by atoms with Gasteiger partial charge in [-0.1, -0.05) is 6.08 Å². The molecule has 0 aromatic rings. The molecule has 2 aliphatic heterocycles. The number of amides is 1. The Bertz CT molecular complexity index is 491. The van der Waals surface area contributed by atoms with Gasteiger partial charge in [0.1, 0.15) is 0 Å². The molecule has 1 amide bonds. The third-order valence-corrected chi connectivity index (χ3v) is 5.11. The van der Waals surface area contributed by atoms with Crippen molar-refractivity contribution in [3.05, 3.63) is 11.5 Å². The van der Waals surface area contributed by atoms with Crippen molar-refractivity contribution in [2.75, 3.05) is 12.3 Å². The van der Waals surface area contributed by atoms with Crippen LogP contribution in [0.15, 0.2) is 11.5 Å². The van der Waals surface area contributed by atoms with Crippen molar-refractivity contribution in [3.8, 4) is 0 Å². The molecule has 2 heterocycles. The van der Waals surface area contributed by atoms with Crippen molar-refractivity contribution in [2.45, 2.75) is 37.5 Å². The molecule has 5 nitrogen and oxygen atoms in total. The molecule has 18 heavy (non-hydrogen) atoms. The van der Waals surface area contributed by atoms with E-state index in [-0.39, 0.29) is 30.7 Å². The van der Waals surface area contributed by atoms with E-state index >= 15 is 0 Å². The van der Waals surface area contributed by atoms with Crippen LogP contribution in [0, 0.1) is 0 Å². The summed E-state index contributed by atoms with van der Waals surface area (Å²) in [4.78, 5) is 13.0. The molecule has 7 heteroatoms. The van der Waals surface area contributed by atoms with Crippen LogP contribution in [0.3, 0.4) is 0 Å². The SMILES string of the molecule is CC1CC(F)(C(N)=O)CCN1[C@@H]1C=CS(=O)(=O)C1. The van der Waals surface area contributed by atoms with Crippen LogP contribution in [0.1, 0.15) is 19.8 Å². The zero-order chi connectivity index (χ0) is 13.6. The number of hydrogen-bond acceptors (Lipinski definition) is 4. The Kier molecular flexibility index (Phi) is 3.23. The van der Waals surface area contributed by atoms with E-state index in [4.69, 9.17) is 5.73 Å². The van der Waals surface area contributed by atoms with E-state index in [1.807, 2.05) is 4.90 Å². The lowest BCUT2D eigenvalue weighted by atomic mass is 9.87. The van der Waals surface area contributed by atoms with E-state index in [0.717, 1.165) is 0 Å². The average molecular weight is 276 g/mol. The number of carbonyl (C=O) groups is 1. The average Bonchev–Trinajstić information content (AvgIpc) is 2.58. The van der Waals surface area contributed by atoms with Crippen LogP contribution in [0.25, 0.3) is 0 Å². The molecule has 2 rings (SSSR count). The Labute approximate surface area is 106 Å². The Morgan fingerprint density at radius 2 is 2.22 bits per heavy atom. The zero-order valence-electron chi connectivity index (χ0n) is 10.2. The zero-order valence-corrected chi connectivity index (χ0v) is 11.0. The standard InChI is InChI=1S/C11H17FN2O3S/c1-8-6-11(12,10(13)15)3-4-14(8)9-2-5-18(16,17)7-9/h2,5,8-9H,3-4,6-7H2,1H3,(H2,13,15)/t8?,9-,11?/m1/s1. The highest BCUT2D eigenvalue weighted by Gasteiger charge is 2.45. The van der Waals surface area contributed by atoms with Crippen molar-refractivity contribution in [1.29, 1.82) is 0 Å². The number of likely N-dealkylation sites (tertiary alicyclic amines) is 1. The lowest BCUT2D eigenvalue weighted by molar-refractivity contribution is -0.134. The van der Waals surface area contributed by atoms with Crippen LogP contribution in [-0.4, -0.2) is 49.3 Å². The van der Waals surface area contributed by atoms with Crippen LogP contribution in [0.2, 0.25) is 0 Å². The maximum Gasteiger partial charge on any atom is 0.255 e. The molecule has 1 fully saturated rings. The molecule has 0 aromatic heterocycles. The second-order valence-electron chi connectivity index (χ2n) is 5.10. The monoisotopic (exact) mass is 276 g/mol. The summed E-state index contributed by atoms with van der Waals surface area (Å²) in [5.41, 5.74) is 3.10. The molecule has 0 aliphatic carbocycles. The van der Waals surface area contributed by atoms with Gasteiger partial charge in [0.2, 0.25) is 0 Å². The van der Waals surface area contributed by atoms with E-state index < -0.39 is 21.4 Å². The molecule has 102 valence electrons. The van der Waals surface area contributed by atoms with Crippen LogP contribution < -0.4 is 5.73 Å². The number of nitrogens with two attached hydrogens (primary N) is 1. The number of halogens is 1. The number of sulfone groups is 1. The van der Waals surface area contributed by atoms with Gasteiger partial charge in [0.15, 0.2) is 15.5 Å². The summed E-state index contributed by atoms with van der Waals surface area (Å²) >= 11 is 0. The smallest absolute Gasteiger partial charge is 0.255 e. The predicted molar refractivity (Wildman–Crippen MR) is 65.2 cm³/mol. The maximum absolute atomic E-state index is 14.1. The number of hydrogen-bond donors (Lipinski definition) is 1. The predicted octanol–water partition coefficient (Wildman–Crippen LogP) is -0.0250. The summed E-state index contributed by atoms with van der Waals surface area (Å²) in [7, 11) is -3.12. The Morgan fingerprint density at radius 3 is 2.67 bits per heavy atom. The maximum atomic E-state index is 14.1. The molecule has 0 bridgehead atoms. The summed E-state index contributed by atoms with van der Waals surface area (Å²) < 4.78 is 36.8. The van der Waals surface area contributed by atoms with E-state index in [1.54, 1.807) is 13.0 Å². The third kappa shape index (κ3) is 2.42. The number of piperidine rings is 1. The van der Waals surface area contributed by atoms with Gasteiger partial charge in [-0.2, -0.15) is 0 Å². The van der Waals surface area contributed by atoms with Gasteiger partial charge in [-0.05, 0) is 6.92 Å². The van der Waals surface area contributed by atoms with Crippen LogP contribution in [-0.2, 0) is 14.6 Å². The van der Waals surface area contributed by atoms with Crippen LogP contribution in [0.4, 0.5) is 4.39 Å². The van der Waals surface area contributed by atoms with Crippen molar-refractivity contribution < 1.29 is 17.6 Å². The van der Waals surface area contributed by atoms with E-state index in [2.05, 4.69) is 0 Å². The van der Waals surface area contributed by atoms with Gasteiger partial charge < -0.3 is 5.73 Å². The lowest BCUT2D eigenvalue weighted by Crippen LogP contribution is -2.55. The second-order valence-corrected chi connectivity index (χ2v) is 7.03. The van der Waals surface area contributed by atoms with E-state index in [0.29, 0.717) is 6.54 Å². The molecule has 0 aromatic carbocycles. The van der Waals surface area contributed by atoms with Crippen molar-refractivity contribution in [1.82, 2.24) is 4.90 Å². The number of primary amides is 1. The summed E-state index contributed by atoms with van der Waals surface area (Å²) in [6.45, 7) is 2.13. The fraction of sp³-hybridized carbons (Fsp3) is 0.727. The highest BCUT2D eigenvalue weighted by molar-refractivity contribution is 7.94. The highest BCUT2D eigenvalue weighted by Crippen LogP contribution is 2.32. The minimum absolute atomic E-state index is 0.0206. The number of alkyl halides is 1. The quantitative estimate of drug-likeness (QED) is 0.768. The van der Waals surface area contributed by atoms with Crippen molar-refractivity contribution in [2.24, 2.45) is 5.73 Å². The fourth-order valence-electron chi connectivity index (χ4n) is 2.70. The molecule has 1 saturated heterocycles. The number of nitrogens with zero attached hydrogens (tertiary/aromatic N) is 1. The minimum Gasteiger partial charge on any atom is -0.367 e. The fourth-order valence-corrected chi connectivity index (χ4v) is 4.01. The summed E-state index contributed by atoms with van der Waals surface area (Å²) in [6.07, 6.45) is 1.67. The Morgan fingerprint density at radius 1 is 1.56 bits per heavy atom. The van der Waals surface area contributed by atoms with Crippen molar-refractivity contribution in [3.63, 3.8) is 0 Å².